The third-order valence-corrected chi connectivity index (χ3v) is 5.32. The molecule has 5 nitrogen and oxygen atoms in total. The molecule has 0 aliphatic rings. The van der Waals surface area contributed by atoms with Gasteiger partial charge in [-0.15, -0.1) is 11.6 Å². The molecular formula is C14H18ClN3O2S. The second kappa shape index (κ2) is 6.60. The Labute approximate surface area is 129 Å². The summed E-state index contributed by atoms with van der Waals surface area (Å²) in [5.74, 6) is 0.198. The predicted molar refractivity (Wildman–Crippen MR) is 83.0 cm³/mol. The first-order chi connectivity index (χ1) is 9.94. The number of alkyl halides is 1. The molecule has 1 unspecified atom stereocenters. The van der Waals surface area contributed by atoms with E-state index in [0.717, 1.165) is 5.56 Å². The SMILES string of the molecule is Cc1n[nH]c(C)c1S(=O)(=O)NC(CCl)Cc1ccccc1. The molecule has 0 bridgehead atoms. The van der Waals surface area contributed by atoms with Crippen molar-refractivity contribution in [2.24, 2.45) is 0 Å². The molecule has 2 N–H and O–H groups in total. The van der Waals surface area contributed by atoms with Crippen LogP contribution in [0.3, 0.4) is 0 Å². The average Bonchev–Trinajstić information content (AvgIpc) is 2.79. The maximum atomic E-state index is 12.5. The van der Waals surface area contributed by atoms with Crippen molar-refractivity contribution in [2.75, 3.05) is 5.88 Å². The minimum atomic E-state index is -3.64. The number of nitrogens with one attached hydrogen (secondary N) is 2. The fourth-order valence-electron chi connectivity index (χ4n) is 2.24. The molecule has 0 radical (unpaired) electrons. The van der Waals surface area contributed by atoms with Crippen molar-refractivity contribution in [3.8, 4) is 0 Å². The Kier molecular flexibility index (Phi) is 5.03. The van der Waals surface area contributed by atoms with Crippen LogP contribution in [0, 0.1) is 13.8 Å². The minimum absolute atomic E-state index is 0.198. The summed E-state index contributed by atoms with van der Waals surface area (Å²) in [6.45, 7) is 3.34. The van der Waals surface area contributed by atoms with E-state index in [9.17, 15) is 8.42 Å². The molecule has 1 heterocycles. The molecule has 0 amide bonds. The fraction of sp³-hybridized carbons (Fsp3) is 0.357. The third kappa shape index (κ3) is 3.84. The lowest BCUT2D eigenvalue weighted by Gasteiger charge is -2.16. The molecule has 1 aromatic carbocycles. The molecular weight excluding hydrogens is 310 g/mol. The van der Waals surface area contributed by atoms with Crippen molar-refractivity contribution < 1.29 is 8.42 Å². The Bertz CT molecular complexity index is 679. The standard InChI is InChI=1S/C14H18ClN3O2S/c1-10-14(11(2)17-16-10)21(19,20)18-13(9-15)8-12-6-4-3-5-7-12/h3-7,13,18H,8-9H2,1-2H3,(H,16,17). The number of halogens is 1. The maximum absolute atomic E-state index is 12.5. The second-order valence-corrected chi connectivity index (χ2v) is 6.88. The van der Waals surface area contributed by atoms with E-state index in [1.165, 1.54) is 0 Å². The molecule has 0 fully saturated rings. The summed E-state index contributed by atoms with van der Waals surface area (Å²) in [5.41, 5.74) is 2.01. The lowest BCUT2D eigenvalue weighted by Crippen LogP contribution is -2.38. The summed E-state index contributed by atoms with van der Waals surface area (Å²) >= 11 is 5.91. The Morgan fingerprint density at radius 1 is 1.29 bits per heavy atom. The van der Waals surface area contributed by atoms with Gasteiger partial charge in [0, 0.05) is 11.9 Å². The van der Waals surface area contributed by atoms with Crippen LogP contribution in [-0.2, 0) is 16.4 Å². The highest BCUT2D eigenvalue weighted by Crippen LogP contribution is 2.17. The zero-order chi connectivity index (χ0) is 15.5. The van der Waals surface area contributed by atoms with E-state index >= 15 is 0 Å². The van der Waals surface area contributed by atoms with Gasteiger partial charge in [0.15, 0.2) is 0 Å². The van der Waals surface area contributed by atoms with Gasteiger partial charge in [-0.25, -0.2) is 13.1 Å². The molecule has 21 heavy (non-hydrogen) atoms. The first-order valence-corrected chi connectivity index (χ1v) is 8.59. The van der Waals surface area contributed by atoms with Gasteiger partial charge in [-0.3, -0.25) is 5.10 Å². The highest BCUT2D eigenvalue weighted by Gasteiger charge is 2.25. The molecule has 0 aliphatic carbocycles. The number of H-pyrrole nitrogens is 1. The summed E-state index contributed by atoms with van der Waals surface area (Å²) in [6.07, 6.45) is 0.541. The van der Waals surface area contributed by atoms with E-state index in [1.54, 1.807) is 13.8 Å². The van der Waals surface area contributed by atoms with Crippen LogP contribution >= 0.6 is 11.6 Å². The number of nitrogens with zero attached hydrogens (tertiary/aromatic N) is 1. The topological polar surface area (TPSA) is 74.8 Å². The van der Waals surface area contributed by atoms with Crippen molar-refractivity contribution in [1.82, 2.24) is 14.9 Å². The molecule has 0 spiro atoms. The number of aromatic amines is 1. The normalized spacial score (nSPS) is 13.3. The fourth-order valence-corrected chi connectivity index (χ4v) is 4.13. The Morgan fingerprint density at radius 2 is 1.95 bits per heavy atom. The summed E-state index contributed by atoms with van der Waals surface area (Å²) in [6, 6.07) is 9.28. The van der Waals surface area contributed by atoms with E-state index in [4.69, 9.17) is 11.6 Å². The van der Waals surface area contributed by atoms with Gasteiger partial charge in [-0.05, 0) is 25.8 Å². The van der Waals surface area contributed by atoms with Crippen molar-refractivity contribution in [3.63, 3.8) is 0 Å². The van der Waals surface area contributed by atoms with Gasteiger partial charge < -0.3 is 0 Å². The van der Waals surface area contributed by atoms with Gasteiger partial charge in [-0.1, -0.05) is 30.3 Å². The van der Waals surface area contributed by atoms with Crippen LogP contribution in [0.1, 0.15) is 17.0 Å². The van der Waals surface area contributed by atoms with Gasteiger partial charge in [-0.2, -0.15) is 5.10 Å². The van der Waals surface area contributed by atoms with E-state index in [0.29, 0.717) is 17.8 Å². The molecule has 0 saturated carbocycles. The lowest BCUT2D eigenvalue weighted by atomic mass is 10.1. The Hall–Kier alpha value is -1.37. The van der Waals surface area contributed by atoms with Crippen LogP contribution < -0.4 is 4.72 Å². The van der Waals surface area contributed by atoms with E-state index in [1.807, 2.05) is 30.3 Å². The zero-order valence-electron chi connectivity index (χ0n) is 11.9. The Balaban J connectivity index is 2.18. The monoisotopic (exact) mass is 327 g/mol. The number of aromatic nitrogens is 2. The van der Waals surface area contributed by atoms with Crippen LogP contribution in [0.5, 0.6) is 0 Å². The van der Waals surface area contributed by atoms with E-state index in [-0.39, 0.29) is 16.8 Å². The van der Waals surface area contributed by atoms with Gasteiger partial charge >= 0.3 is 0 Å². The Morgan fingerprint density at radius 3 is 2.48 bits per heavy atom. The number of rotatable bonds is 6. The summed E-state index contributed by atoms with van der Waals surface area (Å²) in [7, 11) is -3.64. The average molecular weight is 328 g/mol. The van der Waals surface area contributed by atoms with Crippen LogP contribution in [0.4, 0.5) is 0 Å². The summed E-state index contributed by atoms with van der Waals surface area (Å²) in [4.78, 5) is 0.200. The maximum Gasteiger partial charge on any atom is 0.244 e. The highest BCUT2D eigenvalue weighted by atomic mass is 35.5. The number of benzene rings is 1. The minimum Gasteiger partial charge on any atom is -0.281 e. The van der Waals surface area contributed by atoms with Gasteiger partial charge in [0.25, 0.3) is 0 Å². The van der Waals surface area contributed by atoms with Crippen LogP contribution in [0.25, 0.3) is 0 Å². The molecule has 7 heteroatoms. The third-order valence-electron chi connectivity index (χ3n) is 3.16. The van der Waals surface area contributed by atoms with Crippen LogP contribution in [0.2, 0.25) is 0 Å². The number of sulfonamides is 1. The molecule has 0 saturated heterocycles. The van der Waals surface area contributed by atoms with Crippen molar-refractivity contribution in [3.05, 3.63) is 47.3 Å². The highest BCUT2D eigenvalue weighted by molar-refractivity contribution is 7.89. The van der Waals surface area contributed by atoms with Gasteiger partial charge in [0.05, 0.1) is 11.4 Å². The molecule has 114 valence electrons. The molecule has 2 rings (SSSR count). The number of hydrogen-bond donors (Lipinski definition) is 2. The van der Waals surface area contributed by atoms with Crippen molar-refractivity contribution >= 4 is 21.6 Å². The predicted octanol–water partition coefficient (Wildman–Crippen LogP) is 2.15. The number of aryl methyl sites for hydroxylation is 2. The molecule has 0 aliphatic heterocycles. The second-order valence-electron chi connectivity index (χ2n) is 4.93. The molecule has 1 aromatic heterocycles. The zero-order valence-corrected chi connectivity index (χ0v) is 13.5. The smallest absolute Gasteiger partial charge is 0.244 e. The molecule has 1 atom stereocenters. The van der Waals surface area contributed by atoms with Crippen molar-refractivity contribution in [2.45, 2.75) is 31.2 Å². The lowest BCUT2D eigenvalue weighted by molar-refractivity contribution is 0.560. The van der Waals surface area contributed by atoms with Crippen LogP contribution in [-0.4, -0.2) is 30.5 Å². The first kappa shape index (κ1) is 16.0. The number of hydrogen-bond acceptors (Lipinski definition) is 3. The van der Waals surface area contributed by atoms with Gasteiger partial charge in [0.2, 0.25) is 10.0 Å². The van der Waals surface area contributed by atoms with E-state index < -0.39 is 10.0 Å². The summed E-state index contributed by atoms with van der Waals surface area (Å²) in [5, 5.41) is 6.60. The quantitative estimate of drug-likeness (QED) is 0.798. The van der Waals surface area contributed by atoms with Crippen LogP contribution in [0.15, 0.2) is 35.2 Å². The van der Waals surface area contributed by atoms with E-state index in [2.05, 4.69) is 14.9 Å². The molecule has 2 aromatic rings. The van der Waals surface area contributed by atoms with Gasteiger partial charge in [0.1, 0.15) is 4.90 Å². The first-order valence-electron chi connectivity index (χ1n) is 6.58. The van der Waals surface area contributed by atoms with Crippen molar-refractivity contribution in [1.29, 1.82) is 0 Å². The summed E-state index contributed by atoms with van der Waals surface area (Å²) < 4.78 is 27.6. The largest absolute Gasteiger partial charge is 0.281 e.